The molecule has 0 fully saturated rings. The zero-order chi connectivity index (χ0) is 16.8. The second kappa shape index (κ2) is 5.36. The average Bonchev–Trinajstić information content (AvgIpc) is 2.38. The van der Waals surface area contributed by atoms with Crippen molar-refractivity contribution in [2.24, 2.45) is 0 Å². The van der Waals surface area contributed by atoms with Crippen molar-refractivity contribution in [2.45, 2.75) is 6.18 Å². The van der Waals surface area contributed by atoms with E-state index in [0.29, 0.717) is 4.57 Å². The van der Waals surface area contributed by atoms with Crippen molar-refractivity contribution < 1.29 is 18.3 Å². The van der Waals surface area contributed by atoms with Crippen LogP contribution in [-0.2, 0) is 6.18 Å². The Morgan fingerprint density at radius 3 is 2.36 bits per heavy atom. The van der Waals surface area contributed by atoms with Crippen LogP contribution in [-0.4, -0.2) is 14.3 Å². The van der Waals surface area contributed by atoms with Crippen LogP contribution < -0.4 is 17.1 Å². The Hall–Kier alpha value is -1.94. The highest BCUT2D eigenvalue weighted by Gasteiger charge is 2.36. The van der Waals surface area contributed by atoms with E-state index in [0.717, 1.165) is 6.07 Å². The van der Waals surface area contributed by atoms with Crippen LogP contribution in [0.1, 0.15) is 5.69 Å². The zero-order valence-electron chi connectivity index (χ0n) is 10.4. The van der Waals surface area contributed by atoms with Crippen molar-refractivity contribution in [1.29, 1.82) is 0 Å². The Labute approximate surface area is 133 Å². The molecular formula is C11H6BrClF3N3O3. The summed E-state index contributed by atoms with van der Waals surface area (Å²) in [4.78, 5) is 23.8. The Kier molecular flexibility index (Phi) is 4.00. The van der Waals surface area contributed by atoms with Crippen LogP contribution in [0.5, 0.6) is 5.75 Å². The number of nitrogen functional groups attached to an aromatic ring is 1. The maximum atomic E-state index is 12.7. The van der Waals surface area contributed by atoms with E-state index < -0.39 is 23.1 Å². The smallest absolute Gasteiger partial charge is 0.433 e. The van der Waals surface area contributed by atoms with Crippen molar-refractivity contribution in [2.75, 3.05) is 5.84 Å². The lowest BCUT2D eigenvalue weighted by Gasteiger charge is -2.14. The number of hydrogen-bond acceptors (Lipinski definition) is 4. The van der Waals surface area contributed by atoms with Crippen molar-refractivity contribution in [3.05, 3.63) is 54.2 Å². The Morgan fingerprint density at radius 2 is 1.82 bits per heavy atom. The van der Waals surface area contributed by atoms with Crippen molar-refractivity contribution in [3.63, 3.8) is 0 Å². The predicted molar refractivity (Wildman–Crippen MR) is 75.8 cm³/mol. The van der Waals surface area contributed by atoms with Gasteiger partial charge in [-0.3, -0.25) is 4.79 Å². The number of alkyl halides is 3. The molecule has 1 aromatic carbocycles. The first kappa shape index (κ1) is 16.4. The normalized spacial score (nSPS) is 11.7. The number of halogens is 5. The van der Waals surface area contributed by atoms with Crippen LogP contribution in [0, 0.1) is 0 Å². The standard InChI is InChI=1S/C11H6BrClF3N3O3/c12-4-1-5(13)6(2-7(4)20)18-9(21)3-8(11(14,15)16)19(17)10(18)22/h1-3,20H,17H2. The molecule has 0 saturated heterocycles. The molecule has 22 heavy (non-hydrogen) atoms. The summed E-state index contributed by atoms with van der Waals surface area (Å²) in [7, 11) is 0. The number of hydrogen-bond donors (Lipinski definition) is 2. The first-order valence-electron chi connectivity index (χ1n) is 5.44. The molecular weight excluding hydrogens is 394 g/mol. The lowest BCUT2D eigenvalue weighted by atomic mass is 10.3. The van der Waals surface area contributed by atoms with Crippen LogP contribution in [0.25, 0.3) is 5.69 Å². The minimum Gasteiger partial charge on any atom is -0.507 e. The van der Waals surface area contributed by atoms with Crippen LogP contribution in [0.2, 0.25) is 5.02 Å². The summed E-state index contributed by atoms with van der Waals surface area (Å²) in [5.74, 6) is 4.74. The van der Waals surface area contributed by atoms with Gasteiger partial charge in [-0.25, -0.2) is 14.0 Å². The van der Waals surface area contributed by atoms with Gasteiger partial charge in [0.2, 0.25) is 0 Å². The second-order valence-electron chi connectivity index (χ2n) is 4.11. The molecule has 0 spiro atoms. The number of rotatable bonds is 1. The molecule has 6 nitrogen and oxygen atoms in total. The highest BCUT2D eigenvalue weighted by molar-refractivity contribution is 9.10. The highest BCUT2D eigenvalue weighted by atomic mass is 79.9. The van der Waals surface area contributed by atoms with Gasteiger partial charge in [-0.15, -0.1) is 0 Å². The minimum atomic E-state index is -4.97. The summed E-state index contributed by atoms with van der Waals surface area (Å²) >= 11 is 8.81. The Morgan fingerprint density at radius 1 is 1.23 bits per heavy atom. The van der Waals surface area contributed by atoms with E-state index in [1.807, 2.05) is 0 Å². The molecule has 0 amide bonds. The van der Waals surface area contributed by atoms with E-state index in [1.54, 1.807) is 0 Å². The van der Waals surface area contributed by atoms with E-state index in [4.69, 9.17) is 17.4 Å². The van der Waals surface area contributed by atoms with Crippen LogP contribution >= 0.6 is 27.5 Å². The molecule has 0 saturated carbocycles. The predicted octanol–water partition coefficient (Wildman–Crippen LogP) is 1.85. The van der Waals surface area contributed by atoms with E-state index in [-0.39, 0.29) is 31.7 Å². The number of aromatic nitrogens is 2. The van der Waals surface area contributed by atoms with Gasteiger partial charge in [-0.1, -0.05) is 11.6 Å². The highest BCUT2D eigenvalue weighted by Crippen LogP contribution is 2.32. The fourth-order valence-electron chi connectivity index (χ4n) is 1.69. The maximum absolute atomic E-state index is 12.7. The second-order valence-corrected chi connectivity index (χ2v) is 5.37. The summed E-state index contributed by atoms with van der Waals surface area (Å²) < 4.78 is 38.3. The number of phenols is 1. The SMILES string of the molecule is Nn1c(C(F)(F)F)cc(=O)n(-c2cc(O)c(Br)cc2Cl)c1=O. The third kappa shape index (κ3) is 2.71. The molecule has 118 valence electrons. The lowest BCUT2D eigenvalue weighted by molar-refractivity contribution is -0.143. The molecule has 1 heterocycles. The van der Waals surface area contributed by atoms with Gasteiger partial charge in [-0.2, -0.15) is 13.2 Å². The summed E-state index contributed by atoms with van der Waals surface area (Å²) in [6.45, 7) is 0. The fourth-order valence-corrected chi connectivity index (χ4v) is 2.42. The quantitative estimate of drug-likeness (QED) is 0.715. The van der Waals surface area contributed by atoms with Crippen LogP contribution in [0.3, 0.4) is 0 Å². The monoisotopic (exact) mass is 399 g/mol. The van der Waals surface area contributed by atoms with E-state index in [9.17, 15) is 27.9 Å². The number of benzene rings is 1. The molecule has 1 aromatic heterocycles. The molecule has 11 heteroatoms. The number of nitrogens with two attached hydrogens (primary N) is 1. The van der Waals surface area contributed by atoms with Gasteiger partial charge in [0.25, 0.3) is 5.56 Å². The van der Waals surface area contributed by atoms with Gasteiger partial charge in [0.15, 0.2) is 5.69 Å². The van der Waals surface area contributed by atoms with E-state index in [1.165, 1.54) is 6.07 Å². The van der Waals surface area contributed by atoms with Crippen LogP contribution in [0.15, 0.2) is 32.3 Å². The molecule has 2 aromatic rings. The van der Waals surface area contributed by atoms with Crippen LogP contribution in [0.4, 0.5) is 13.2 Å². The number of aromatic hydroxyl groups is 1. The fraction of sp³-hybridized carbons (Fsp3) is 0.0909. The van der Waals surface area contributed by atoms with Gasteiger partial charge < -0.3 is 10.9 Å². The van der Waals surface area contributed by atoms with Gasteiger partial charge in [0.1, 0.15) is 5.75 Å². The largest absolute Gasteiger partial charge is 0.507 e. The lowest BCUT2D eigenvalue weighted by Crippen LogP contribution is -2.45. The average molecular weight is 401 g/mol. The van der Waals surface area contributed by atoms with Crippen molar-refractivity contribution >= 4 is 27.5 Å². The molecule has 0 bridgehead atoms. The summed E-state index contributed by atoms with van der Waals surface area (Å²) in [5, 5.41) is 9.43. The third-order valence-corrected chi connectivity index (χ3v) is 3.62. The molecule has 0 atom stereocenters. The van der Waals surface area contributed by atoms with Crippen molar-refractivity contribution in [1.82, 2.24) is 9.24 Å². The van der Waals surface area contributed by atoms with Gasteiger partial charge >= 0.3 is 11.9 Å². The van der Waals surface area contributed by atoms with E-state index >= 15 is 0 Å². The van der Waals surface area contributed by atoms with Gasteiger partial charge in [0, 0.05) is 12.1 Å². The van der Waals surface area contributed by atoms with E-state index in [2.05, 4.69) is 15.9 Å². The summed E-state index contributed by atoms with van der Waals surface area (Å²) in [6.07, 6.45) is -4.97. The third-order valence-electron chi connectivity index (χ3n) is 2.69. The maximum Gasteiger partial charge on any atom is 0.433 e. The summed E-state index contributed by atoms with van der Waals surface area (Å²) in [5.41, 5.74) is -4.65. The first-order chi connectivity index (χ1) is 10.0. The molecule has 0 unspecified atom stereocenters. The Bertz CT molecular complexity index is 876. The summed E-state index contributed by atoms with van der Waals surface area (Å²) in [6, 6.07) is 2.29. The zero-order valence-corrected chi connectivity index (χ0v) is 12.7. The van der Waals surface area contributed by atoms with Gasteiger partial charge in [0.05, 0.1) is 15.2 Å². The molecule has 0 aliphatic heterocycles. The first-order valence-corrected chi connectivity index (χ1v) is 6.61. The topological polar surface area (TPSA) is 90.2 Å². The molecule has 0 aliphatic carbocycles. The molecule has 0 aliphatic rings. The van der Waals surface area contributed by atoms with Crippen molar-refractivity contribution in [3.8, 4) is 11.4 Å². The molecule has 0 radical (unpaired) electrons. The van der Waals surface area contributed by atoms with Gasteiger partial charge in [-0.05, 0) is 22.0 Å². The number of nitrogens with zero attached hydrogens (tertiary/aromatic N) is 2. The minimum absolute atomic E-state index is 0.149. The Balaban J connectivity index is 2.85. The number of phenolic OH excluding ortho intramolecular Hbond substituents is 1. The molecule has 3 N–H and O–H groups in total. The molecule has 2 rings (SSSR count).